The van der Waals surface area contributed by atoms with Crippen LogP contribution in [0.3, 0.4) is 0 Å². The van der Waals surface area contributed by atoms with Crippen molar-refractivity contribution in [2.75, 3.05) is 20.1 Å². The summed E-state index contributed by atoms with van der Waals surface area (Å²) in [5.41, 5.74) is 0. The summed E-state index contributed by atoms with van der Waals surface area (Å²) < 4.78 is 0. The van der Waals surface area contributed by atoms with E-state index in [1.54, 1.807) is 0 Å². The highest BCUT2D eigenvalue weighted by molar-refractivity contribution is 7.80. The molecule has 70 valence electrons. The van der Waals surface area contributed by atoms with Gasteiger partial charge in [-0.05, 0) is 24.6 Å². The third kappa shape index (κ3) is 2.08. The van der Waals surface area contributed by atoms with Crippen LogP contribution in [-0.4, -0.2) is 41.4 Å². The average molecular weight is 188 g/mol. The van der Waals surface area contributed by atoms with E-state index in [4.69, 9.17) is 12.2 Å². The number of hydrogen-bond acceptors (Lipinski definition) is 2. The van der Waals surface area contributed by atoms with E-state index in [1.807, 2.05) is 11.9 Å². The molecule has 2 unspecified atom stereocenters. The van der Waals surface area contributed by atoms with Crippen LogP contribution in [0, 0.1) is 5.92 Å². The molecule has 2 N–H and O–H groups in total. The van der Waals surface area contributed by atoms with E-state index in [0.717, 1.165) is 18.1 Å². The first-order chi connectivity index (χ1) is 5.65. The number of aliphatic hydroxyl groups excluding tert-OH is 1. The normalized spacial score (nSPS) is 30.1. The summed E-state index contributed by atoms with van der Waals surface area (Å²) in [4.78, 5) is 2.01. The lowest BCUT2D eigenvalue weighted by Crippen LogP contribution is -2.48. The molecule has 0 aliphatic carbocycles. The van der Waals surface area contributed by atoms with Crippen molar-refractivity contribution in [2.24, 2.45) is 5.92 Å². The van der Waals surface area contributed by atoms with Gasteiger partial charge in [-0.2, -0.15) is 0 Å². The monoisotopic (exact) mass is 188 g/mol. The summed E-state index contributed by atoms with van der Waals surface area (Å²) in [6.45, 7) is 3.70. The molecule has 3 nitrogen and oxygen atoms in total. The average Bonchev–Trinajstić information content (AvgIpc) is 2.08. The fourth-order valence-electron chi connectivity index (χ4n) is 1.39. The summed E-state index contributed by atoms with van der Waals surface area (Å²) in [5.74, 6) is 0.404. The number of rotatable bonds is 0. The first-order valence-electron chi connectivity index (χ1n) is 4.30. The second kappa shape index (κ2) is 4.05. The van der Waals surface area contributed by atoms with E-state index in [0.29, 0.717) is 12.5 Å². The van der Waals surface area contributed by atoms with Gasteiger partial charge in [0, 0.05) is 20.1 Å². The summed E-state index contributed by atoms with van der Waals surface area (Å²) in [6, 6.07) is 0. The molecule has 0 amide bonds. The Morgan fingerprint density at radius 2 is 2.33 bits per heavy atom. The van der Waals surface area contributed by atoms with Crippen molar-refractivity contribution in [3.63, 3.8) is 0 Å². The summed E-state index contributed by atoms with van der Waals surface area (Å²) >= 11 is 5.07. The SMILES string of the molecule is CNC(=S)N1CCC(C)C(O)C1. The number of β-amino-alcohol motifs (C(OH)–C–C–N with tert-alkyl or cyclic N) is 1. The van der Waals surface area contributed by atoms with Gasteiger partial charge in [0.25, 0.3) is 0 Å². The number of nitrogens with zero attached hydrogens (tertiary/aromatic N) is 1. The van der Waals surface area contributed by atoms with Crippen molar-refractivity contribution in [3.8, 4) is 0 Å². The molecule has 1 aliphatic heterocycles. The van der Waals surface area contributed by atoms with E-state index >= 15 is 0 Å². The highest BCUT2D eigenvalue weighted by Gasteiger charge is 2.24. The van der Waals surface area contributed by atoms with Crippen molar-refractivity contribution in [1.29, 1.82) is 0 Å². The molecule has 0 aromatic heterocycles. The Labute approximate surface area is 78.8 Å². The number of likely N-dealkylation sites (tertiary alicyclic amines) is 1. The summed E-state index contributed by atoms with van der Waals surface area (Å²) in [5, 5.41) is 13.2. The fraction of sp³-hybridized carbons (Fsp3) is 0.875. The Hall–Kier alpha value is -0.350. The third-order valence-electron chi connectivity index (χ3n) is 2.42. The molecule has 1 saturated heterocycles. The molecule has 1 fully saturated rings. The van der Waals surface area contributed by atoms with E-state index in [1.165, 1.54) is 0 Å². The van der Waals surface area contributed by atoms with E-state index in [2.05, 4.69) is 12.2 Å². The van der Waals surface area contributed by atoms with Crippen molar-refractivity contribution in [1.82, 2.24) is 10.2 Å². The fourth-order valence-corrected chi connectivity index (χ4v) is 1.56. The Balaban J connectivity index is 2.45. The number of piperidine rings is 1. The number of thiocarbonyl (C=S) groups is 1. The maximum absolute atomic E-state index is 9.56. The van der Waals surface area contributed by atoms with Crippen LogP contribution < -0.4 is 5.32 Å². The van der Waals surface area contributed by atoms with Crippen molar-refractivity contribution >= 4 is 17.3 Å². The van der Waals surface area contributed by atoms with Crippen LogP contribution >= 0.6 is 12.2 Å². The predicted octanol–water partition coefficient (Wildman–Crippen LogP) is 0.193. The molecular weight excluding hydrogens is 172 g/mol. The van der Waals surface area contributed by atoms with Crippen molar-refractivity contribution in [2.45, 2.75) is 19.4 Å². The van der Waals surface area contributed by atoms with Crippen molar-refractivity contribution < 1.29 is 5.11 Å². The van der Waals surface area contributed by atoms with Gasteiger partial charge in [-0.1, -0.05) is 6.92 Å². The lowest BCUT2D eigenvalue weighted by Gasteiger charge is -2.35. The van der Waals surface area contributed by atoms with Crippen LogP contribution in [0.2, 0.25) is 0 Å². The lowest BCUT2D eigenvalue weighted by molar-refractivity contribution is 0.0560. The molecule has 12 heavy (non-hydrogen) atoms. The van der Waals surface area contributed by atoms with E-state index in [-0.39, 0.29) is 6.10 Å². The minimum Gasteiger partial charge on any atom is -0.391 e. The Kier molecular flexibility index (Phi) is 3.29. The van der Waals surface area contributed by atoms with Gasteiger partial charge >= 0.3 is 0 Å². The molecule has 0 aromatic rings. The van der Waals surface area contributed by atoms with Gasteiger partial charge in [-0.25, -0.2) is 0 Å². The summed E-state index contributed by atoms with van der Waals surface area (Å²) in [6.07, 6.45) is 0.785. The van der Waals surface area contributed by atoms with E-state index < -0.39 is 0 Å². The van der Waals surface area contributed by atoms with Gasteiger partial charge < -0.3 is 15.3 Å². The predicted molar refractivity (Wildman–Crippen MR) is 53.0 cm³/mol. The highest BCUT2D eigenvalue weighted by atomic mass is 32.1. The third-order valence-corrected chi connectivity index (χ3v) is 2.88. The van der Waals surface area contributed by atoms with Gasteiger partial charge in [0.15, 0.2) is 5.11 Å². The molecule has 4 heteroatoms. The van der Waals surface area contributed by atoms with Gasteiger partial charge in [-0.3, -0.25) is 0 Å². The Morgan fingerprint density at radius 3 is 2.83 bits per heavy atom. The number of nitrogens with one attached hydrogen (secondary N) is 1. The molecule has 0 spiro atoms. The molecule has 1 aliphatic rings. The first-order valence-corrected chi connectivity index (χ1v) is 4.70. The zero-order chi connectivity index (χ0) is 9.14. The standard InChI is InChI=1S/C8H16N2OS/c1-6-3-4-10(5-7(6)11)8(12)9-2/h6-7,11H,3-5H2,1-2H3,(H,9,12). The highest BCUT2D eigenvalue weighted by Crippen LogP contribution is 2.16. The molecule has 0 radical (unpaired) electrons. The second-order valence-corrected chi connectivity index (χ2v) is 3.72. The Morgan fingerprint density at radius 1 is 1.67 bits per heavy atom. The lowest BCUT2D eigenvalue weighted by atomic mass is 9.96. The second-order valence-electron chi connectivity index (χ2n) is 3.33. The van der Waals surface area contributed by atoms with Gasteiger partial charge in [-0.15, -0.1) is 0 Å². The zero-order valence-corrected chi connectivity index (χ0v) is 8.40. The molecule has 1 rings (SSSR count). The van der Waals surface area contributed by atoms with Crippen LogP contribution in [0.1, 0.15) is 13.3 Å². The van der Waals surface area contributed by atoms with E-state index in [9.17, 15) is 5.11 Å². The first kappa shape index (κ1) is 9.74. The van der Waals surface area contributed by atoms with Gasteiger partial charge in [0.2, 0.25) is 0 Å². The number of hydrogen-bond donors (Lipinski definition) is 2. The molecule has 0 bridgehead atoms. The minimum atomic E-state index is -0.231. The number of aliphatic hydroxyl groups is 1. The Bertz CT molecular complexity index is 174. The molecule has 1 heterocycles. The van der Waals surface area contributed by atoms with Crippen LogP contribution in [0.15, 0.2) is 0 Å². The van der Waals surface area contributed by atoms with Gasteiger partial charge in [0.1, 0.15) is 0 Å². The smallest absolute Gasteiger partial charge is 0.168 e. The summed E-state index contributed by atoms with van der Waals surface area (Å²) in [7, 11) is 1.81. The maximum Gasteiger partial charge on any atom is 0.168 e. The van der Waals surface area contributed by atoms with Crippen LogP contribution in [0.25, 0.3) is 0 Å². The van der Waals surface area contributed by atoms with Crippen LogP contribution in [-0.2, 0) is 0 Å². The minimum absolute atomic E-state index is 0.231. The molecule has 0 saturated carbocycles. The van der Waals surface area contributed by atoms with Crippen LogP contribution in [0.5, 0.6) is 0 Å². The quantitative estimate of drug-likeness (QED) is 0.532. The van der Waals surface area contributed by atoms with Gasteiger partial charge in [0.05, 0.1) is 6.10 Å². The molecular formula is C8H16N2OS. The van der Waals surface area contributed by atoms with Crippen LogP contribution in [0.4, 0.5) is 0 Å². The topological polar surface area (TPSA) is 35.5 Å². The van der Waals surface area contributed by atoms with Crippen molar-refractivity contribution in [3.05, 3.63) is 0 Å². The maximum atomic E-state index is 9.56. The molecule has 0 aromatic carbocycles. The largest absolute Gasteiger partial charge is 0.391 e. The molecule has 2 atom stereocenters. The zero-order valence-electron chi connectivity index (χ0n) is 7.58.